The van der Waals surface area contributed by atoms with Crippen molar-refractivity contribution >= 4 is 34.4 Å². The Morgan fingerprint density at radius 2 is 2.03 bits per heavy atom. The number of carbonyl (C=O) groups is 3. The van der Waals surface area contributed by atoms with E-state index < -0.39 is 11.9 Å². The smallest absolute Gasteiger partial charge is 0.271 e. The number of nitrogens with one attached hydrogen (secondary N) is 2. The molecule has 30 heavy (non-hydrogen) atoms. The number of hydrogen-bond acceptors (Lipinski definition) is 4. The Balaban J connectivity index is 1.76. The van der Waals surface area contributed by atoms with Gasteiger partial charge in [0.05, 0.1) is 11.0 Å². The highest BCUT2D eigenvalue weighted by Crippen LogP contribution is 2.29. The minimum atomic E-state index is -0.636. The first-order valence-electron chi connectivity index (χ1n) is 9.88. The Hall–Kier alpha value is -3.68. The van der Waals surface area contributed by atoms with E-state index in [1.807, 2.05) is 38.1 Å². The van der Waals surface area contributed by atoms with Crippen LogP contribution in [0.1, 0.15) is 46.8 Å². The molecule has 4 N–H and O–H groups in total. The fourth-order valence-electron chi connectivity index (χ4n) is 3.81. The summed E-state index contributed by atoms with van der Waals surface area (Å²) in [6, 6.07) is 11.6. The van der Waals surface area contributed by atoms with Crippen LogP contribution in [-0.2, 0) is 11.3 Å². The molecule has 0 unspecified atom stereocenters. The number of rotatable bonds is 4. The number of nitrogens with two attached hydrogens (primary N) is 1. The van der Waals surface area contributed by atoms with Crippen molar-refractivity contribution in [2.75, 3.05) is 5.32 Å². The van der Waals surface area contributed by atoms with Gasteiger partial charge in [-0.15, -0.1) is 0 Å². The molecule has 0 saturated carbocycles. The second kappa shape index (κ2) is 7.62. The minimum Gasteiger partial charge on any atom is -0.364 e. The fourth-order valence-corrected chi connectivity index (χ4v) is 3.81. The van der Waals surface area contributed by atoms with Crippen LogP contribution in [-0.4, -0.2) is 38.6 Å². The normalized spacial score (nSPS) is 17.2. The van der Waals surface area contributed by atoms with Crippen molar-refractivity contribution in [3.8, 4) is 0 Å². The zero-order valence-corrected chi connectivity index (χ0v) is 16.8. The zero-order valence-electron chi connectivity index (χ0n) is 16.8. The van der Waals surface area contributed by atoms with Gasteiger partial charge < -0.3 is 20.9 Å². The average molecular weight is 405 g/mol. The Morgan fingerprint density at radius 3 is 2.77 bits per heavy atom. The lowest BCUT2D eigenvalue weighted by atomic mass is 9.96. The van der Waals surface area contributed by atoms with Gasteiger partial charge in [-0.3, -0.25) is 14.4 Å². The minimum absolute atomic E-state index is 0.0350. The summed E-state index contributed by atoms with van der Waals surface area (Å²) >= 11 is 0. The number of carbonyl (C=O) groups excluding carboxylic acids is 3. The van der Waals surface area contributed by atoms with Gasteiger partial charge in [0, 0.05) is 12.2 Å². The summed E-state index contributed by atoms with van der Waals surface area (Å²) in [4.78, 5) is 46.8. The SMILES string of the molecule is CC[C@H](C)[C@H]1C(=O)Nc2ccccc2CN1C(=O)c1cc2nc(C(N)=O)ccc2[nH]1. The third-order valence-corrected chi connectivity index (χ3v) is 5.62. The topological polar surface area (TPSA) is 121 Å². The lowest BCUT2D eigenvalue weighted by Crippen LogP contribution is -2.49. The number of primary amides is 1. The molecular formula is C22H23N5O3. The molecule has 0 saturated heterocycles. The number of para-hydroxylation sites is 1. The molecule has 1 aromatic carbocycles. The van der Waals surface area contributed by atoms with Crippen molar-refractivity contribution in [1.29, 1.82) is 0 Å². The molecule has 3 amide bonds. The van der Waals surface area contributed by atoms with Crippen LogP contribution in [0.5, 0.6) is 0 Å². The Morgan fingerprint density at radius 1 is 1.27 bits per heavy atom. The summed E-state index contributed by atoms with van der Waals surface area (Å²) in [5.41, 5.74) is 8.40. The van der Waals surface area contributed by atoms with Crippen molar-refractivity contribution in [3.05, 3.63) is 59.4 Å². The molecule has 0 aliphatic carbocycles. The van der Waals surface area contributed by atoms with Crippen molar-refractivity contribution in [1.82, 2.24) is 14.9 Å². The van der Waals surface area contributed by atoms with Crippen LogP contribution in [0.4, 0.5) is 5.69 Å². The Bertz CT molecular complexity index is 1150. The summed E-state index contributed by atoms with van der Waals surface area (Å²) in [7, 11) is 0. The summed E-state index contributed by atoms with van der Waals surface area (Å²) < 4.78 is 0. The first-order chi connectivity index (χ1) is 14.4. The maximum absolute atomic E-state index is 13.5. The molecule has 0 radical (unpaired) electrons. The van der Waals surface area contributed by atoms with Gasteiger partial charge in [0.15, 0.2) is 0 Å². The molecule has 154 valence electrons. The number of hydrogen-bond donors (Lipinski definition) is 3. The number of benzene rings is 1. The van der Waals surface area contributed by atoms with Crippen molar-refractivity contribution in [2.45, 2.75) is 32.9 Å². The van der Waals surface area contributed by atoms with Crippen LogP contribution < -0.4 is 11.1 Å². The van der Waals surface area contributed by atoms with E-state index >= 15 is 0 Å². The lowest BCUT2D eigenvalue weighted by molar-refractivity contribution is -0.122. The van der Waals surface area contributed by atoms with Crippen LogP contribution in [0.2, 0.25) is 0 Å². The molecule has 1 aliphatic heterocycles. The van der Waals surface area contributed by atoms with Crippen LogP contribution >= 0.6 is 0 Å². The van der Waals surface area contributed by atoms with E-state index in [-0.39, 0.29) is 23.4 Å². The molecule has 0 bridgehead atoms. The molecule has 3 heterocycles. The van der Waals surface area contributed by atoms with E-state index in [0.29, 0.717) is 23.3 Å². The van der Waals surface area contributed by atoms with Gasteiger partial charge in [0.2, 0.25) is 5.91 Å². The van der Waals surface area contributed by atoms with Gasteiger partial charge in [0.1, 0.15) is 17.4 Å². The highest BCUT2D eigenvalue weighted by atomic mass is 16.2. The molecule has 1 aliphatic rings. The van der Waals surface area contributed by atoms with Crippen molar-refractivity contribution in [2.24, 2.45) is 11.7 Å². The number of aromatic amines is 1. The first kappa shape index (κ1) is 19.6. The first-order valence-corrected chi connectivity index (χ1v) is 9.88. The van der Waals surface area contributed by atoms with E-state index in [1.165, 1.54) is 6.07 Å². The van der Waals surface area contributed by atoms with E-state index in [1.54, 1.807) is 17.0 Å². The van der Waals surface area contributed by atoms with E-state index in [0.717, 1.165) is 17.7 Å². The van der Waals surface area contributed by atoms with E-state index in [9.17, 15) is 14.4 Å². The predicted molar refractivity (Wildman–Crippen MR) is 113 cm³/mol. The predicted octanol–water partition coefficient (Wildman–Crippen LogP) is 2.67. The van der Waals surface area contributed by atoms with E-state index in [2.05, 4.69) is 15.3 Å². The number of amides is 3. The third-order valence-electron chi connectivity index (χ3n) is 5.62. The molecule has 2 atom stereocenters. The second-order valence-electron chi connectivity index (χ2n) is 7.59. The van der Waals surface area contributed by atoms with Gasteiger partial charge >= 0.3 is 0 Å². The van der Waals surface area contributed by atoms with Crippen LogP contribution in [0.25, 0.3) is 11.0 Å². The van der Waals surface area contributed by atoms with Crippen molar-refractivity contribution in [3.63, 3.8) is 0 Å². The highest BCUT2D eigenvalue weighted by Gasteiger charge is 2.37. The number of fused-ring (bicyclic) bond motifs is 2. The number of pyridine rings is 1. The fraction of sp³-hybridized carbons (Fsp3) is 0.273. The van der Waals surface area contributed by atoms with Gasteiger partial charge in [-0.2, -0.15) is 0 Å². The monoisotopic (exact) mass is 405 g/mol. The highest BCUT2D eigenvalue weighted by molar-refractivity contribution is 6.04. The average Bonchev–Trinajstić information content (AvgIpc) is 3.10. The Kier molecular flexibility index (Phi) is 4.99. The molecule has 0 spiro atoms. The number of H-pyrrole nitrogens is 1. The zero-order chi connectivity index (χ0) is 21.4. The number of aromatic nitrogens is 2. The van der Waals surface area contributed by atoms with Gasteiger partial charge in [0.25, 0.3) is 11.8 Å². The van der Waals surface area contributed by atoms with Crippen molar-refractivity contribution < 1.29 is 14.4 Å². The molecular weight excluding hydrogens is 382 g/mol. The second-order valence-corrected chi connectivity index (χ2v) is 7.59. The van der Waals surface area contributed by atoms with E-state index in [4.69, 9.17) is 5.73 Å². The summed E-state index contributed by atoms with van der Waals surface area (Å²) in [6.07, 6.45) is 0.744. The summed E-state index contributed by atoms with van der Waals surface area (Å²) in [5.74, 6) is -1.17. The standard InChI is InChI=1S/C22H23N5O3/c1-3-12(2)19-21(29)26-14-7-5-4-6-13(14)11-27(19)22(30)18-10-17-15(24-18)8-9-16(25-17)20(23)28/h4-10,12,19,24H,3,11H2,1-2H3,(H2,23,28)(H,26,29)/t12-,19-/m0/s1. The molecule has 2 aromatic heterocycles. The summed E-state index contributed by atoms with van der Waals surface area (Å²) in [5, 5.41) is 2.96. The van der Waals surface area contributed by atoms with Gasteiger partial charge in [-0.1, -0.05) is 38.5 Å². The van der Waals surface area contributed by atoms with Crippen LogP contribution in [0.15, 0.2) is 42.5 Å². The van der Waals surface area contributed by atoms with Gasteiger partial charge in [-0.25, -0.2) is 4.98 Å². The molecule has 0 fully saturated rings. The number of anilines is 1. The Labute approximate surface area is 173 Å². The third kappa shape index (κ3) is 3.41. The molecule has 8 heteroatoms. The summed E-state index contributed by atoms with van der Waals surface area (Å²) in [6.45, 7) is 4.27. The molecule has 3 aromatic rings. The largest absolute Gasteiger partial charge is 0.364 e. The molecule has 4 rings (SSSR count). The lowest BCUT2D eigenvalue weighted by Gasteiger charge is -2.32. The maximum atomic E-state index is 13.5. The quantitative estimate of drug-likeness (QED) is 0.618. The van der Waals surface area contributed by atoms with Crippen LogP contribution in [0.3, 0.4) is 0 Å². The molecule has 8 nitrogen and oxygen atoms in total. The van der Waals surface area contributed by atoms with Crippen LogP contribution in [0, 0.1) is 5.92 Å². The van der Waals surface area contributed by atoms with Gasteiger partial charge in [-0.05, 0) is 35.7 Å². The maximum Gasteiger partial charge on any atom is 0.271 e. The number of nitrogens with zero attached hydrogens (tertiary/aromatic N) is 2.